The Morgan fingerprint density at radius 2 is 1.82 bits per heavy atom. The van der Waals surface area contributed by atoms with Crippen LogP contribution < -0.4 is 5.56 Å². The smallest absolute Gasteiger partial charge is 0.254 e. The number of carbonyl (C=O) groups excluding carboxylic acids is 1. The number of ketones is 1. The van der Waals surface area contributed by atoms with Crippen molar-refractivity contribution in [2.75, 3.05) is 0 Å². The lowest BCUT2D eigenvalue weighted by Crippen LogP contribution is -2.32. The molecule has 3 aromatic heterocycles. The monoisotopic (exact) mass is 555 g/mol. The molecule has 0 fully saturated rings. The number of hydrogen-bond donors (Lipinski definition) is 0. The fraction of sp³-hybridized carbons (Fsp3) is 0.107. The number of benzene rings is 2. The summed E-state index contributed by atoms with van der Waals surface area (Å²) < 4.78 is 2.81. The molecule has 3 heterocycles. The summed E-state index contributed by atoms with van der Waals surface area (Å²) in [6.07, 6.45) is 4.73. The van der Waals surface area contributed by atoms with Crippen molar-refractivity contribution in [2.24, 2.45) is 0 Å². The molecule has 0 unspecified atom stereocenters. The second-order valence-corrected chi connectivity index (χ2v) is 9.50. The highest BCUT2D eigenvalue weighted by Crippen LogP contribution is 2.28. The molecule has 1 atom stereocenters. The van der Waals surface area contributed by atoms with Gasteiger partial charge in [-0.25, -0.2) is 14.6 Å². The van der Waals surface area contributed by atoms with Gasteiger partial charge in [0.25, 0.3) is 5.56 Å². The van der Waals surface area contributed by atoms with E-state index >= 15 is 0 Å². The van der Waals surface area contributed by atoms with Gasteiger partial charge in [-0.2, -0.15) is 5.26 Å². The fourth-order valence-electron chi connectivity index (χ4n) is 4.18. The number of hydrogen-bond acceptors (Lipinski definition) is 7. The maximum Gasteiger partial charge on any atom is 0.254 e. The molecule has 0 radical (unpaired) electrons. The molecule has 0 aliphatic rings. The number of nitrogens with zero attached hydrogens (tertiary/aromatic N) is 7. The quantitative estimate of drug-likeness (QED) is 0.273. The highest BCUT2D eigenvalue weighted by molar-refractivity contribution is 6.31. The van der Waals surface area contributed by atoms with E-state index in [2.05, 4.69) is 20.3 Å². The highest BCUT2D eigenvalue weighted by Gasteiger charge is 2.23. The van der Waals surface area contributed by atoms with Crippen molar-refractivity contribution in [3.8, 4) is 23.0 Å². The van der Waals surface area contributed by atoms with E-state index in [0.717, 1.165) is 5.56 Å². The van der Waals surface area contributed by atoms with Crippen LogP contribution in [0.15, 0.2) is 90.2 Å². The van der Waals surface area contributed by atoms with Crippen molar-refractivity contribution in [3.63, 3.8) is 0 Å². The Hall–Kier alpha value is -4.65. The largest absolute Gasteiger partial charge is 0.297 e. The molecule has 192 valence electrons. The number of nitriles is 1. The Kier molecular flexibility index (Phi) is 7.59. The standard InChI is InChI=1S/C28H19Cl2N7O2/c29-20-7-9-24(37-16-27(30)34-35-37)22(12-20)23-13-28(39)36(17-33-23)25(10-18-4-2-1-3-5-18)26(38)11-19-6-8-21(14-31)32-15-19/h1-9,12-13,15-17,25H,10-11H2/t25-/m0/s1. The Bertz CT molecular complexity index is 1740. The number of aromatic nitrogens is 6. The number of pyridine rings is 1. The van der Waals surface area contributed by atoms with Crippen molar-refractivity contribution in [2.45, 2.75) is 18.9 Å². The van der Waals surface area contributed by atoms with Crippen molar-refractivity contribution in [1.29, 1.82) is 5.26 Å². The normalized spacial score (nSPS) is 11.6. The number of rotatable bonds is 8. The second kappa shape index (κ2) is 11.4. The third-order valence-electron chi connectivity index (χ3n) is 6.08. The lowest BCUT2D eigenvalue weighted by Gasteiger charge is -2.19. The van der Waals surface area contributed by atoms with Gasteiger partial charge in [-0.05, 0) is 35.4 Å². The maximum absolute atomic E-state index is 13.5. The molecule has 0 spiro atoms. The van der Waals surface area contributed by atoms with Gasteiger partial charge in [0.15, 0.2) is 10.9 Å². The van der Waals surface area contributed by atoms with Crippen LogP contribution in [0.1, 0.15) is 22.9 Å². The van der Waals surface area contributed by atoms with E-state index in [1.54, 1.807) is 30.3 Å². The molecule has 2 aromatic carbocycles. The Balaban J connectivity index is 1.52. The van der Waals surface area contributed by atoms with Gasteiger partial charge < -0.3 is 0 Å². The van der Waals surface area contributed by atoms with E-state index in [1.807, 2.05) is 36.4 Å². The first-order chi connectivity index (χ1) is 18.9. The van der Waals surface area contributed by atoms with Gasteiger partial charge in [-0.3, -0.25) is 14.2 Å². The van der Waals surface area contributed by atoms with Gasteiger partial charge in [0.05, 0.1) is 23.9 Å². The van der Waals surface area contributed by atoms with Crippen LogP contribution in [-0.2, 0) is 17.6 Å². The first kappa shape index (κ1) is 26.0. The van der Waals surface area contributed by atoms with Gasteiger partial charge in [-0.1, -0.05) is 64.8 Å². The van der Waals surface area contributed by atoms with E-state index in [9.17, 15) is 9.59 Å². The highest BCUT2D eigenvalue weighted by atomic mass is 35.5. The SMILES string of the molecule is N#Cc1ccc(CC(=O)[C@H](Cc2ccccc2)n2cnc(-c3cc(Cl)ccc3-n3cc(Cl)nn3)cc2=O)cn1. The van der Waals surface area contributed by atoms with Crippen LogP contribution in [-0.4, -0.2) is 35.3 Å². The first-order valence-electron chi connectivity index (χ1n) is 11.8. The van der Waals surface area contributed by atoms with Crippen LogP contribution >= 0.6 is 23.2 Å². The van der Waals surface area contributed by atoms with E-state index in [0.29, 0.717) is 34.0 Å². The molecule has 0 aliphatic carbocycles. The summed E-state index contributed by atoms with van der Waals surface area (Å²) in [7, 11) is 0. The average molecular weight is 556 g/mol. The molecule has 11 heteroatoms. The van der Waals surface area contributed by atoms with E-state index in [4.69, 9.17) is 28.5 Å². The zero-order valence-corrected chi connectivity index (χ0v) is 21.8. The van der Waals surface area contributed by atoms with Gasteiger partial charge in [-0.15, -0.1) is 5.10 Å². The minimum atomic E-state index is -0.815. The summed E-state index contributed by atoms with van der Waals surface area (Å²) in [6.45, 7) is 0. The van der Waals surface area contributed by atoms with Crippen LogP contribution in [0, 0.1) is 11.3 Å². The third-order valence-corrected chi connectivity index (χ3v) is 6.49. The summed E-state index contributed by atoms with van der Waals surface area (Å²) >= 11 is 12.2. The van der Waals surface area contributed by atoms with E-state index < -0.39 is 11.6 Å². The molecule has 0 amide bonds. The summed E-state index contributed by atoms with van der Waals surface area (Å²) in [5.74, 6) is -0.192. The van der Waals surface area contributed by atoms with E-state index in [-0.39, 0.29) is 23.1 Å². The lowest BCUT2D eigenvalue weighted by atomic mass is 9.98. The van der Waals surface area contributed by atoms with Crippen LogP contribution in [0.3, 0.4) is 0 Å². The van der Waals surface area contributed by atoms with Crippen LogP contribution in [0.5, 0.6) is 0 Å². The number of Topliss-reactive ketones (excluding diaryl/α,β-unsaturated/α-hetero) is 1. The Morgan fingerprint density at radius 3 is 2.49 bits per heavy atom. The third kappa shape index (κ3) is 5.93. The predicted octanol–water partition coefficient (Wildman–Crippen LogP) is 4.66. The number of halogens is 2. The van der Waals surface area contributed by atoms with Gasteiger partial charge in [0.1, 0.15) is 17.8 Å². The molecule has 9 nitrogen and oxygen atoms in total. The minimum Gasteiger partial charge on any atom is -0.297 e. The minimum absolute atomic E-state index is 0.0376. The molecule has 5 aromatic rings. The summed E-state index contributed by atoms with van der Waals surface area (Å²) in [5, 5.41) is 17.5. The van der Waals surface area contributed by atoms with Crippen LogP contribution in [0.2, 0.25) is 10.2 Å². The average Bonchev–Trinajstić information content (AvgIpc) is 3.38. The zero-order valence-electron chi connectivity index (χ0n) is 20.3. The first-order valence-corrected chi connectivity index (χ1v) is 12.5. The van der Waals surface area contributed by atoms with Crippen LogP contribution in [0.4, 0.5) is 0 Å². The maximum atomic E-state index is 13.5. The van der Waals surface area contributed by atoms with Crippen molar-refractivity contribution in [3.05, 3.63) is 123 Å². The molecule has 5 rings (SSSR count). The number of carbonyl (C=O) groups is 1. The van der Waals surface area contributed by atoms with Crippen LogP contribution in [0.25, 0.3) is 16.9 Å². The molecular formula is C28H19Cl2N7O2. The van der Waals surface area contributed by atoms with Gasteiger partial charge in [0.2, 0.25) is 0 Å². The van der Waals surface area contributed by atoms with Crippen molar-refractivity contribution >= 4 is 29.0 Å². The summed E-state index contributed by atoms with van der Waals surface area (Å²) in [4.78, 5) is 35.6. The molecule has 39 heavy (non-hydrogen) atoms. The molecule has 0 saturated carbocycles. The van der Waals surface area contributed by atoms with Crippen molar-refractivity contribution in [1.82, 2.24) is 29.5 Å². The van der Waals surface area contributed by atoms with E-state index in [1.165, 1.54) is 34.0 Å². The lowest BCUT2D eigenvalue weighted by molar-refractivity contribution is -0.121. The van der Waals surface area contributed by atoms with Gasteiger partial charge in [0, 0.05) is 35.7 Å². The zero-order chi connectivity index (χ0) is 27.4. The molecular weight excluding hydrogens is 537 g/mol. The Labute approximate surface area is 232 Å². The molecule has 0 bridgehead atoms. The second-order valence-electron chi connectivity index (χ2n) is 8.68. The summed E-state index contributed by atoms with van der Waals surface area (Å²) in [5.41, 5.74) is 2.86. The molecule has 0 N–H and O–H groups in total. The molecule has 0 saturated heterocycles. The molecule has 0 aliphatic heterocycles. The Morgan fingerprint density at radius 1 is 1.00 bits per heavy atom. The van der Waals surface area contributed by atoms with Crippen molar-refractivity contribution < 1.29 is 4.79 Å². The topological polar surface area (TPSA) is 119 Å². The van der Waals surface area contributed by atoms with Gasteiger partial charge >= 0.3 is 0 Å². The predicted molar refractivity (Wildman–Crippen MR) is 146 cm³/mol. The summed E-state index contributed by atoms with van der Waals surface area (Å²) in [6, 6.07) is 20.3. The fourth-order valence-corrected chi connectivity index (χ4v) is 4.48.